The number of fused-ring (bicyclic) bond motifs is 1. The van der Waals surface area contributed by atoms with Crippen LogP contribution in [-0.2, 0) is 13.0 Å². The van der Waals surface area contributed by atoms with E-state index >= 15 is 0 Å². The Hall–Kier alpha value is -1.35. The lowest BCUT2D eigenvalue weighted by molar-refractivity contribution is 0.432. The van der Waals surface area contributed by atoms with E-state index in [1.807, 2.05) is 6.07 Å². The van der Waals surface area contributed by atoms with Crippen molar-refractivity contribution in [3.63, 3.8) is 0 Å². The van der Waals surface area contributed by atoms with Gasteiger partial charge < -0.3 is 10.3 Å². The van der Waals surface area contributed by atoms with Crippen LogP contribution in [0.2, 0.25) is 0 Å². The van der Waals surface area contributed by atoms with Crippen molar-refractivity contribution in [3.8, 4) is 0 Å². The number of aryl methyl sites for hydroxylation is 1. The first-order chi connectivity index (χ1) is 8.07. The Morgan fingerprint density at radius 1 is 1.29 bits per heavy atom. The monoisotopic (exact) mass is 231 g/mol. The zero-order chi connectivity index (χ0) is 12.5. The average molecular weight is 231 g/mol. The maximum Gasteiger partial charge on any atom is 0.111 e. The lowest BCUT2D eigenvalue weighted by Gasteiger charge is -2.22. The Morgan fingerprint density at radius 2 is 2.00 bits per heavy atom. The van der Waals surface area contributed by atoms with Gasteiger partial charge in [-0.05, 0) is 32.4 Å². The maximum atomic E-state index is 6.24. The van der Waals surface area contributed by atoms with Gasteiger partial charge in [0.25, 0.3) is 0 Å². The van der Waals surface area contributed by atoms with Crippen LogP contribution in [0.3, 0.4) is 0 Å². The molecule has 1 aromatic carbocycles. The minimum absolute atomic E-state index is 0.172. The first-order valence-electron chi connectivity index (χ1n) is 6.30. The number of aromatic nitrogens is 2. The summed E-state index contributed by atoms with van der Waals surface area (Å²) in [6, 6.07) is 8.27. The molecule has 0 aliphatic carbocycles. The van der Waals surface area contributed by atoms with E-state index < -0.39 is 0 Å². The van der Waals surface area contributed by atoms with Crippen molar-refractivity contribution in [1.29, 1.82) is 0 Å². The predicted molar refractivity (Wildman–Crippen MR) is 72.0 cm³/mol. The van der Waals surface area contributed by atoms with Crippen molar-refractivity contribution < 1.29 is 0 Å². The van der Waals surface area contributed by atoms with Crippen LogP contribution in [-0.4, -0.2) is 15.1 Å². The SMILES string of the molecule is CCn1c(CC(C)(N)CC)nc2ccccc21. The van der Waals surface area contributed by atoms with Gasteiger partial charge in [-0.25, -0.2) is 4.98 Å². The number of benzene rings is 1. The van der Waals surface area contributed by atoms with Gasteiger partial charge in [0.15, 0.2) is 0 Å². The molecular weight excluding hydrogens is 210 g/mol. The normalized spacial score (nSPS) is 15.1. The molecule has 2 aromatic rings. The van der Waals surface area contributed by atoms with Crippen LogP contribution in [0.1, 0.15) is 33.0 Å². The van der Waals surface area contributed by atoms with E-state index in [0.717, 1.165) is 30.7 Å². The summed E-state index contributed by atoms with van der Waals surface area (Å²) in [7, 11) is 0. The molecule has 0 aliphatic rings. The van der Waals surface area contributed by atoms with Crippen molar-refractivity contribution in [1.82, 2.24) is 9.55 Å². The Morgan fingerprint density at radius 3 is 2.65 bits per heavy atom. The van der Waals surface area contributed by atoms with Crippen molar-refractivity contribution in [3.05, 3.63) is 30.1 Å². The molecule has 0 saturated carbocycles. The summed E-state index contributed by atoms with van der Waals surface area (Å²) in [5.41, 5.74) is 8.34. The van der Waals surface area contributed by atoms with Gasteiger partial charge in [-0.3, -0.25) is 0 Å². The van der Waals surface area contributed by atoms with Gasteiger partial charge in [0.05, 0.1) is 11.0 Å². The standard InChI is InChI=1S/C14H21N3/c1-4-14(3,15)10-13-16-11-8-6-7-9-12(11)17(13)5-2/h6-9H,4-5,10,15H2,1-3H3. The molecule has 2 rings (SSSR count). The molecule has 3 nitrogen and oxygen atoms in total. The zero-order valence-electron chi connectivity index (χ0n) is 10.9. The van der Waals surface area contributed by atoms with Crippen molar-refractivity contribution in [2.45, 2.75) is 45.7 Å². The second kappa shape index (κ2) is 4.49. The fraction of sp³-hybridized carbons (Fsp3) is 0.500. The molecule has 0 radical (unpaired) electrons. The fourth-order valence-corrected chi connectivity index (χ4v) is 2.10. The fourth-order valence-electron chi connectivity index (χ4n) is 2.10. The zero-order valence-corrected chi connectivity index (χ0v) is 10.9. The second-order valence-corrected chi connectivity index (χ2v) is 4.95. The van der Waals surface area contributed by atoms with Crippen LogP contribution in [0.25, 0.3) is 11.0 Å². The van der Waals surface area contributed by atoms with Crippen molar-refractivity contribution in [2.75, 3.05) is 0 Å². The van der Waals surface area contributed by atoms with Gasteiger partial charge in [0.1, 0.15) is 5.82 Å². The topological polar surface area (TPSA) is 43.8 Å². The van der Waals surface area contributed by atoms with E-state index in [1.165, 1.54) is 5.52 Å². The van der Waals surface area contributed by atoms with Gasteiger partial charge in [0, 0.05) is 18.5 Å². The maximum absolute atomic E-state index is 6.24. The molecule has 1 atom stereocenters. The molecule has 0 saturated heterocycles. The predicted octanol–water partition coefficient (Wildman–Crippen LogP) is 2.73. The molecule has 0 bridgehead atoms. The molecule has 1 aromatic heterocycles. The molecule has 0 fully saturated rings. The summed E-state index contributed by atoms with van der Waals surface area (Å²) >= 11 is 0. The summed E-state index contributed by atoms with van der Waals surface area (Å²) < 4.78 is 2.26. The summed E-state index contributed by atoms with van der Waals surface area (Å²) in [5, 5.41) is 0. The minimum Gasteiger partial charge on any atom is -0.328 e. The van der Waals surface area contributed by atoms with E-state index in [1.54, 1.807) is 0 Å². The third-order valence-corrected chi connectivity index (χ3v) is 3.42. The van der Waals surface area contributed by atoms with Gasteiger partial charge >= 0.3 is 0 Å². The molecule has 1 heterocycles. The van der Waals surface area contributed by atoms with Crippen LogP contribution in [0.4, 0.5) is 0 Å². The number of nitrogens with two attached hydrogens (primary N) is 1. The number of nitrogens with zero attached hydrogens (tertiary/aromatic N) is 2. The van der Waals surface area contributed by atoms with Crippen LogP contribution in [0.5, 0.6) is 0 Å². The van der Waals surface area contributed by atoms with Gasteiger partial charge in [-0.2, -0.15) is 0 Å². The lowest BCUT2D eigenvalue weighted by atomic mass is 9.96. The average Bonchev–Trinajstić information content (AvgIpc) is 2.65. The molecule has 17 heavy (non-hydrogen) atoms. The first-order valence-corrected chi connectivity index (χ1v) is 6.30. The quantitative estimate of drug-likeness (QED) is 0.879. The molecule has 3 heteroatoms. The highest BCUT2D eigenvalue weighted by Gasteiger charge is 2.20. The lowest BCUT2D eigenvalue weighted by Crippen LogP contribution is -2.38. The highest BCUT2D eigenvalue weighted by atomic mass is 15.1. The van der Waals surface area contributed by atoms with E-state index in [4.69, 9.17) is 10.7 Å². The number of imidazole rings is 1. The highest BCUT2D eigenvalue weighted by Crippen LogP contribution is 2.20. The van der Waals surface area contributed by atoms with E-state index in [-0.39, 0.29) is 5.54 Å². The van der Waals surface area contributed by atoms with E-state index in [0.29, 0.717) is 0 Å². The molecule has 0 amide bonds. The van der Waals surface area contributed by atoms with E-state index in [2.05, 4.69) is 43.5 Å². The highest BCUT2D eigenvalue weighted by molar-refractivity contribution is 5.75. The molecule has 0 spiro atoms. The number of hydrogen-bond donors (Lipinski definition) is 1. The Bertz CT molecular complexity index is 511. The second-order valence-electron chi connectivity index (χ2n) is 4.95. The Balaban J connectivity index is 2.47. The van der Waals surface area contributed by atoms with Crippen molar-refractivity contribution in [2.24, 2.45) is 5.73 Å². The smallest absolute Gasteiger partial charge is 0.111 e. The van der Waals surface area contributed by atoms with Gasteiger partial charge in [0.2, 0.25) is 0 Å². The van der Waals surface area contributed by atoms with Crippen LogP contribution < -0.4 is 5.73 Å². The van der Waals surface area contributed by atoms with Gasteiger partial charge in [-0.1, -0.05) is 19.1 Å². The first kappa shape index (κ1) is 12.1. The Labute approximate surface area is 103 Å². The summed E-state index contributed by atoms with van der Waals surface area (Å²) in [6.45, 7) is 7.30. The molecule has 1 unspecified atom stereocenters. The van der Waals surface area contributed by atoms with Crippen molar-refractivity contribution >= 4 is 11.0 Å². The largest absolute Gasteiger partial charge is 0.328 e. The summed E-state index contributed by atoms with van der Waals surface area (Å²) in [6.07, 6.45) is 1.78. The Kier molecular flexibility index (Phi) is 3.20. The third-order valence-electron chi connectivity index (χ3n) is 3.42. The van der Waals surface area contributed by atoms with Crippen LogP contribution >= 0.6 is 0 Å². The molecular formula is C14H21N3. The number of rotatable bonds is 4. The molecule has 0 aliphatic heterocycles. The van der Waals surface area contributed by atoms with E-state index in [9.17, 15) is 0 Å². The third kappa shape index (κ3) is 2.34. The summed E-state index contributed by atoms with van der Waals surface area (Å²) in [5.74, 6) is 1.10. The summed E-state index contributed by atoms with van der Waals surface area (Å²) in [4.78, 5) is 4.70. The molecule has 2 N–H and O–H groups in total. The van der Waals surface area contributed by atoms with Crippen LogP contribution in [0, 0.1) is 0 Å². The number of hydrogen-bond acceptors (Lipinski definition) is 2. The van der Waals surface area contributed by atoms with Gasteiger partial charge in [-0.15, -0.1) is 0 Å². The minimum atomic E-state index is -0.172. The number of para-hydroxylation sites is 2. The molecule has 92 valence electrons. The van der Waals surface area contributed by atoms with Crippen LogP contribution in [0.15, 0.2) is 24.3 Å².